The molecule has 3 N–H and O–H groups in total. The molecular formula is C22H23N5S. The van der Waals surface area contributed by atoms with Crippen LogP contribution < -0.4 is 21.3 Å². The number of hydrogen-bond donors (Lipinski definition) is 3. The third-order valence-corrected chi connectivity index (χ3v) is 8.23. The van der Waals surface area contributed by atoms with E-state index in [9.17, 15) is 0 Å². The van der Waals surface area contributed by atoms with Crippen molar-refractivity contribution in [3.05, 3.63) is 41.8 Å². The van der Waals surface area contributed by atoms with E-state index in [1.807, 2.05) is 11.3 Å². The lowest BCUT2D eigenvalue weighted by Gasteiger charge is -2.11. The summed E-state index contributed by atoms with van der Waals surface area (Å²) >= 11 is 1.83. The van der Waals surface area contributed by atoms with Gasteiger partial charge in [-0.05, 0) is 48.2 Å². The minimum Gasteiger partial charge on any atom is -0.382 e. The molecule has 4 atom stereocenters. The smallest absolute Gasteiger partial charge is 0.0811 e. The van der Waals surface area contributed by atoms with Crippen LogP contribution in [0.15, 0.2) is 41.4 Å². The lowest BCUT2D eigenvalue weighted by Crippen LogP contribution is -2.21. The molecule has 0 spiro atoms. The summed E-state index contributed by atoms with van der Waals surface area (Å²) < 4.78 is 1.24. The molecule has 3 aliphatic heterocycles. The maximum atomic E-state index is 5.00. The summed E-state index contributed by atoms with van der Waals surface area (Å²) in [6.07, 6.45) is 0. The molecule has 7 rings (SSSR count). The molecule has 2 saturated heterocycles. The van der Waals surface area contributed by atoms with E-state index in [2.05, 4.69) is 52.3 Å². The van der Waals surface area contributed by atoms with Gasteiger partial charge < -0.3 is 16.0 Å². The molecule has 3 heterocycles. The number of piperidine rings is 2. The molecule has 0 aromatic heterocycles. The summed E-state index contributed by atoms with van der Waals surface area (Å²) in [7, 11) is 0. The zero-order chi connectivity index (χ0) is 18.2. The Balaban J connectivity index is 1.22. The fourth-order valence-corrected chi connectivity index (χ4v) is 6.40. The van der Waals surface area contributed by atoms with E-state index in [1.54, 1.807) is 0 Å². The largest absolute Gasteiger partial charge is 0.382 e. The summed E-state index contributed by atoms with van der Waals surface area (Å²) in [5, 5.41) is 11.8. The highest BCUT2D eigenvalue weighted by Gasteiger charge is 2.53. The first kappa shape index (κ1) is 15.9. The topological polar surface area (TPSA) is 61.3 Å². The first-order valence-electron chi connectivity index (χ1n) is 10.4. The summed E-state index contributed by atoms with van der Waals surface area (Å²) in [6, 6.07) is 14.3. The highest BCUT2D eigenvalue weighted by molar-refractivity contribution is 7.21. The summed E-state index contributed by atoms with van der Waals surface area (Å²) in [6.45, 7) is 4.59. The summed E-state index contributed by atoms with van der Waals surface area (Å²) in [5.74, 6) is 3.16. The van der Waals surface area contributed by atoms with Gasteiger partial charge in [0.2, 0.25) is 0 Å². The normalized spacial score (nSPS) is 35.9. The fourth-order valence-electron chi connectivity index (χ4n) is 5.36. The van der Waals surface area contributed by atoms with Gasteiger partial charge in [-0.25, -0.2) is 4.98 Å². The molecule has 28 heavy (non-hydrogen) atoms. The summed E-state index contributed by atoms with van der Waals surface area (Å²) in [5.41, 5.74) is 3.37. The van der Waals surface area contributed by atoms with Crippen molar-refractivity contribution in [2.24, 2.45) is 28.7 Å². The SMILES string of the molecule is c1cc2nc3ccc(=NC4C5CNCC54)cc-3sc2cc1NC1C2CNCC21. The Hall–Kier alpha value is -2.02. The van der Waals surface area contributed by atoms with Crippen LogP contribution in [0.1, 0.15) is 0 Å². The number of benzene rings is 2. The first-order valence-corrected chi connectivity index (χ1v) is 11.2. The Morgan fingerprint density at radius 1 is 0.929 bits per heavy atom. The zero-order valence-electron chi connectivity index (χ0n) is 15.6. The predicted molar refractivity (Wildman–Crippen MR) is 113 cm³/mol. The van der Waals surface area contributed by atoms with Gasteiger partial charge in [0.25, 0.3) is 0 Å². The van der Waals surface area contributed by atoms with Gasteiger partial charge >= 0.3 is 0 Å². The van der Waals surface area contributed by atoms with Crippen molar-refractivity contribution in [3.8, 4) is 10.6 Å². The highest BCUT2D eigenvalue weighted by atomic mass is 32.1. The number of hydrogen-bond acceptors (Lipinski definition) is 6. The molecule has 2 saturated carbocycles. The molecule has 4 fully saturated rings. The van der Waals surface area contributed by atoms with Gasteiger partial charge in [0.1, 0.15) is 0 Å². The van der Waals surface area contributed by atoms with Crippen LogP contribution in [0.25, 0.3) is 20.8 Å². The first-order chi connectivity index (χ1) is 13.8. The third-order valence-electron chi connectivity index (χ3n) is 7.13. The molecule has 1 aromatic rings. The van der Waals surface area contributed by atoms with Crippen molar-refractivity contribution in [2.75, 3.05) is 31.5 Å². The number of aromatic nitrogens is 1. The van der Waals surface area contributed by atoms with Crippen LogP contribution in [0.2, 0.25) is 0 Å². The van der Waals surface area contributed by atoms with Crippen LogP contribution in [-0.4, -0.2) is 43.2 Å². The van der Waals surface area contributed by atoms with Crippen molar-refractivity contribution in [1.29, 1.82) is 0 Å². The van der Waals surface area contributed by atoms with Crippen molar-refractivity contribution >= 4 is 27.2 Å². The standard InChI is InChI=1S/C22H23N5S/c1-3-17-19(5-11(1)25-21-13-7-23-8-14(13)21)28-20-6-12(2-4-18(20)27-17)26-22-15-9-24-10-16(15)22/h1-6,13-16,21-25H,7-10H2. The number of nitrogens with one attached hydrogen (secondary N) is 3. The molecule has 0 amide bonds. The molecule has 3 aliphatic carbocycles. The van der Waals surface area contributed by atoms with E-state index < -0.39 is 0 Å². The molecule has 0 radical (unpaired) electrons. The van der Waals surface area contributed by atoms with Crippen LogP contribution in [0.4, 0.5) is 5.69 Å². The van der Waals surface area contributed by atoms with Gasteiger partial charge in [0.15, 0.2) is 0 Å². The fraction of sp³-hybridized carbons (Fsp3) is 0.455. The average Bonchev–Trinajstić information content (AvgIpc) is 3.32. The van der Waals surface area contributed by atoms with Crippen LogP contribution >= 0.6 is 11.3 Å². The molecule has 142 valence electrons. The van der Waals surface area contributed by atoms with E-state index in [4.69, 9.17) is 9.98 Å². The van der Waals surface area contributed by atoms with Crippen molar-refractivity contribution in [2.45, 2.75) is 12.1 Å². The van der Waals surface area contributed by atoms with Crippen LogP contribution in [-0.2, 0) is 0 Å². The van der Waals surface area contributed by atoms with E-state index in [1.165, 1.54) is 15.3 Å². The Morgan fingerprint density at radius 3 is 2.54 bits per heavy atom. The van der Waals surface area contributed by atoms with Crippen molar-refractivity contribution in [3.63, 3.8) is 0 Å². The van der Waals surface area contributed by atoms with Crippen LogP contribution in [0.3, 0.4) is 0 Å². The molecule has 4 unspecified atom stereocenters. The Morgan fingerprint density at radius 2 is 1.71 bits per heavy atom. The van der Waals surface area contributed by atoms with Gasteiger partial charge in [0.05, 0.1) is 32.2 Å². The van der Waals surface area contributed by atoms with E-state index in [-0.39, 0.29) is 0 Å². The monoisotopic (exact) mass is 389 g/mol. The maximum absolute atomic E-state index is 5.00. The maximum Gasteiger partial charge on any atom is 0.0811 e. The Bertz CT molecular complexity index is 1100. The quantitative estimate of drug-likeness (QED) is 0.601. The molecule has 6 aliphatic rings. The summed E-state index contributed by atoms with van der Waals surface area (Å²) in [4.78, 5) is 11.1. The van der Waals surface area contributed by atoms with E-state index >= 15 is 0 Å². The Kier molecular flexibility index (Phi) is 3.26. The van der Waals surface area contributed by atoms with Crippen LogP contribution in [0.5, 0.6) is 0 Å². The highest BCUT2D eigenvalue weighted by Crippen LogP contribution is 2.45. The predicted octanol–water partition coefficient (Wildman–Crippen LogP) is 2.15. The molecule has 0 bridgehead atoms. The average molecular weight is 390 g/mol. The van der Waals surface area contributed by atoms with Gasteiger partial charge in [-0.2, -0.15) is 0 Å². The van der Waals surface area contributed by atoms with E-state index in [0.29, 0.717) is 12.1 Å². The van der Waals surface area contributed by atoms with Crippen molar-refractivity contribution < 1.29 is 0 Å². The number of rotatable bonds is 3. The van der Waals surface area contributed by atoms with Gasteiger partial charge in [-0.1, -0.05) is 0 Å². The second kappa shape index (κ2) is 5.75. The van der Waals surface area contributed by atoms with Crippen molar-refractivity contribution in [1.82, 2.24) is 15.6 Å². The number of fused-ring (bicyclic) bond motifs is 4. The second-order valence-corrected chi connectivity index (χ2v) is 9.89. The second-order valence-electron chi connectivity index (χ2n) is 8.81. The minimum atomic E-state index is 0.528. The molecular weight excluding hydrogens is 366 g/mol. The third kappa shape index (κ3) is 2.44. The molecule has 6 heteroatoms. The van der Waals surface area contributed by atoms with Gasteiger partial charge in [-0.15, -0.1) is 11.3 Å². The number of anilines is 1. The zero-order valence-corrected chi connectivity index (χ0v) is 16.4. The van der Waals surface area contributed by atoms with E-state index in [0.717, 1.165) is 66.4 Å². The minimum absolute atomic E-state index is 0.528. The lowest BCUT2D eigenvalue weighted by molar-refractivity contribution is 0.670. The van der Waals surface area contributed by atoms with Gasteiger partial charge in [0, 0.05) is 49.7 Å². The lowest BCUT2D eigenvalue weighted by atomic mass is 10.2. The van der Waals surface area contributed by atoms with Gasteiger partial charge in [-0.3, -0.25) is 4.99 Å². The molecule has 1 aromatic carbocycles. The van der Waals surface area contributed by atoms with Crippen LogP contribution in [0, 0.1) is 23.7 Å². The molecule has 5 nitrogen and oxygen atoms in total. The Labute approximate surface area is 167 Å². The number of nitrogens with zero attached hydrogens (tertiary/aromatic N) is 2.